The summed E-state index contributed by atoms with van der Waals surface area (Å²) in [5.41, 5.74) is 4.01. The largest absolute Gasteiger partial charge is 0.483 e. The number of anilines is 2. The van der Waals surface area contributed by atoms with E-state index in [9.17, 15) is 9.59 Å². The molecule has 2 aromatic rings. The first-order chi connectivity index (χ1) is 14.3. The molecule has 1 heterocycles. The molecule has 0 saturated carbocycles. The molecule has 30 heavy (non-hydrogen) atoms. The van der Waals surface area contributed by atoms with E-state index >= 15 is 0 Å². The predicted molar refractivity (Wildman–Crippen MR) is 120 cm³/mol. The van der Waals surface area contributed by atoms with Crippen LogP contribution in [0.3, 0.4) is 0 Å². The van der Waals surface area contributed by atoms with Gasteiger partial charge in [-0.3, -0.25) is 9.59 Å². The molecule has 6 heteroatoms. The highest BCUT2D eigenvalue weighted by atomic mass is 16.5. The van der Waals surface area contributed by atoms with E-state index < -0.39 is 0 Å². The zero-order chi connectivity index (χ0) is 21.7. The lowest BCUT2D eigenvalue weighted by molar-refractivity contribution is -0.134. The first kappa shape index (κ1) is 21.7. The van der Waals surface area contributed by atoms with Gasteiger partial charge in [0.1, 0.15) is 5.75 Å². The Bertz CT molecular complexity index is 885. The van der Waals surface area contributed by atoms with E-state index in [1.165, 1.54) is 0 Å². The van der Waals surface area contributed by atoms with Crippen molar-refractivity contribution in [2.24, 2.45) is 5.92 Å². The topological polar surface area (TPSA) is 61.9 Å². The van der Waals surface area contributed by atoms with Crippen molar-refractivity contribution in [3.8, 4) is 5.75 Å². The number of nitrogens with zero attached hydrogens (tertiary/aromatic N) is 2. The van der Waals surface area contributed by atoms with E-state index in [-0.39, 0.29) is 24.3 Å². The van der Waals surface area contributed by atoms with Gasteiger partial charge in [0.15, 0.2) is 6.61 Å². The molecular weight excluding hydrogens is 378 g/mol. The summed E-state index contributed by atoms with van der Waals surface area (Å²) in [5.74, 6) is 0.791. The van der Waals surface area contributed by atoms with Crippen molar-refractivity contribution in [1.29, 1.82) is 0 Å². The lowest BCUT2D eigenvalue weighted by Gasteiger charge is -2.37. The summed E-state index contributed by atoms with van der Waals surface area (Å²) in [6.07, 6.45) is 0. The van der Waals surface area contributed by atoms with Gasteiger partial charge in [-0.1, -0.05) is 31.5 Å². The Morgan fingerprint density at radius 2 is 1.67 bits per heavy atom. The van der Waals surface area contributed by atoms with Crippen molar-refractivity contribution in [3.63, 3.8) is 0 Å². The summed E-state index contributed by atoms with van der Waals surface area (Å²) in [5, 5.41) is 2.87. The maximum atomic E-state index is 12.2. The van der Waals surface area contributed by atoms with Crippen molar-refractivity contribution in [3.05, 3.63) is 53.6 Å². The number of carbonyl (C=O) groups excluding carboxylic acids is 2. The molecule has 2 aromatic carbocycles. The van der Waals surface area contributed by atoms with Crippen LogP contribution in [-0.4, -0.2) is 49.5 Å². The molecule has 0 aliphatic carbocycles. The van der Waals surface area contributed by atoms with Gasteiger partial charge >= 0.3 is 0 Å². The maximum Gasteiger partial charge on any atom is 0.262 e. The quantitative estimate of drug-likeness (QED) is 0.792. The van der Waals surface area contributed by atoms with E-state index in [2.05, 4.69) is 10.2 Å². The molecule has 1 fully saturated rings. The molecule has 3 rings (SSSR count). The first-order valence-electron chi connectivity index (χ1n) is 10.5. The van der Waals surface area contributed by atoms with Gasteiger partial charge in [0.05, 0.1) is 0 Å². The molecule has 0 spiro atoms. The van der Waals surface area contributed by atoms with Gasteiger partial charge in [-0.25, -0.2) is 0 Å². The van der Waals surface area contributed by atoms with Crippen LogP contribution in [0.1, 0.15) is 25.0 Å². The molecule has 1 saturated heterocycles. The highest BCUT2D eigenvalue weighted by Gasteiger charge is 2.22. The van der Waals surface area contributed by atoms with Crippen LogP contribution in [0.15, 0.2) is 42.5 Å². The molecule has 0 atom stereocenters. The molecule has 2 amide bonds. The molecule has 6 nitrogen and oxygen atoms in total. The van der Waals surface area contributed by atoms with Gasteiger partial charge in [0, 0.05) is 43.5 Å². The zero-order valence-electron chi connectivity index (χ0n) is 18.3. The standard InChI is InChI=1S/C24H31N3O3/c1-17(2)24(29)27-13-11-26(12-14-27)21-8-6-20(7-9-21)25-23(28)16-30-22-10-5-18(3)15-19(22)4/h5-10,15,17H,11-14,16H2,1-4H3,(H,25,28). The Morgan fingerprint density at radius 3 is 2.27 bits per heavy atom. The third-order valence-corrected chi connectivity index (χ3v) is 5.29. The molecule has 1 aliphatic rings. The maximum absolute atomic E-state index is 12.2. The van der Waals surface area contributed by atoms with Crippen LogP contribution in [0.4, 0.5) is 11.4 Å². The van der Waals surface area contributed by atoms with Crippen molar-refractivity contribution in [2.45, 2.75) is 27.7 Å². The Labute approximate surface area is 178 Å². The van der Waals surface area contributed by atoms with Crippen molar-refractivity contribution in [1.82, 2.24) is 4.90 Å². The summed E-state index contributed by atoms with van der Waals surface area (Å²) in [7, 11) is 0. The fraction of sp³-hybridized carbons (Fsp3) is 0.417. The van der Waals surface area contributed by atoms with Crippen LogP contribution >= 0.6 is 0 Å². The summed E-state index contributed by atoms with van der Waals surface area (Å²) in [6, 6.07) is 13.7. The van der Waals surface area contributed by atoms with E-state index in [4.69, 9.17) is 4.74 Å². The van der Waals surface area contributed by atoms with Crippen molar-refractivity contribution in [2.75, 3.05) is 43.0 Å². The number of carbonyl (C=O) groups is 2. The zero-order valence-corrected chi connectivity index (χ0v) is 18.3. The number of benzene rings is 2. The average molecular weight is 410 g/mol. The minimum atomic E-state index is -0.191. The summed E-state index contributed by atoms with van der Waals surface area (Å²) in [6.45, 7) is 11.0. The van der Waals surface area contributed by atoms with Crippen LogP contribution in [0.25, 0.3) is 0 Å². The average Bonchev–Trinajstić information content (AvgIpc) is 2.73. The highest BCUT2D eigenvalue weighted by Crippen LogP contribution is 2.21. The number of nitrogens with one attached hydrogen (secondary N) is 1. The molecule has 0 bridgehead atoms. The molecular formula is C24H31N3O3. The van der Waals surface area contributed by atoms with Gasteiger partial charge in [-0.2, -0.15) is 0 Å². The van der Waals surface area contributed by atoms with Gasteiger partial charge in [-0.15, -0.1) is 0 Å². The normalized spacial score (nSPS) is 14.0. The van der Waals surface area contributed by atoms with Crippen LogP contribution < -0.4 is 15.0 Å². The lowest BCUT2D eigenvalue weighted by Crippen LogP contribution is -2.49. The number of piperazine rings is 1. The Morgan fingerprint density at radius 1 is 1.00 bits per heavy atom. The van der Waals surface area contributed by atoms with Gasteiger partial charge in [-0.05, 0) is 49.7 Å². The second-order valence-corrected chi connectivity index (χ2v) is 8.12. The number of amides is 2. The van der Waals surface area contributed by atoms with E-state index in [1.54, 1.807) is 0 Å². The van der Waals surface area contributed by atoms with Crippen molar-refractivity contribution >= 4 is 23.2 Å². The summed E-state index contributed by atoms with van der Waals surface area (Å²) < 4.78 is 5.64. The number of rotatable bonds is 6. The van der Waals surface area contributed by atoms with Gasteiger partial charge in [0.2, 0.25) is 5.91 Å². The van der Waals surface area contributed by atoms with Gasteiger partial charge < -0.3 is 19.9 Å². The van der Waals surface area contributed by atoms with E-state index in [0.717, 1.165) is 54.4 Å². The number of aryl methyl sites for hydroxylation is 2. The first-order valence-corrected chi connectivity index (χ1v) is 10.5. The number of ether oxygens (including phenoxy) is 1. The van der Waals surface area contributed by atoms with Crippen LogP contribution in [0.2, 0.25) is 0 Å². The lowest BCUT2D eigenvalue weighted by atomic mass is 10.1. The molecule has 0 aromatic heterocycles. The van der Waals surface area contributed by atoms with Crippen LogP contribution in [0, 0.1) is 19.8 Å². The van der Waals surface area contributed by atoms with Crippen LogP contribution in [-0.2, 0) is 9.59 Å². The second kappa shape index (κ2) is 9.65. The van der Waals surface area contributed by atoms with Gasteiger partial charge in [0.25, 0.3) is 5.91 Å². The fourth-order valence-electron chi connectivity index (χ4n) is 3.61. The minimum absolute atomic E-state index is 0.0303. The molecule has 1 aliphatic heterocycles. The third kappa shape index (κ3) is 5.53. The minimum Gasteiger partial charge on any atom is -0.483 e. The van der Waals surface area contributed by atoms with Crippen LogP contribution in [0.5, 0.6) is 5.75 Å². The van der Waals surface area contributed by atoms with Crippen molar-refractivity contribution < 1.29 is 14.3 Å². The molecule has 0 unspecified atom stereocenters. The Kier molecular flexibility index (Phi) is 6.98. The summed E-state index contributed by atoms with van der Waals surface area (Å²) >= 11 is 0. The SMILES string of the molecule is Cc1ccc(OCC(=O)Nc2ccc(N3CCN(C(=O)C(C)C)CC3)cc2)c(C)c1. The Balaban J connectivity index is 1.48. The second-order valence-electron chi connectivity index (χ2n) is 8.12. The monoisotopic (exact) mass is 409 g/mol. The van der Waals surface area contributed by atoms with E-state index in [1.807, 2.05) is 75.1 Å². The molecule has 1 N–H and O–H groups in total. The van der Waals surface area contributed by atoms with E-state index in [0.29, 0.717) is 0 Å². The number of hydrogen-bond donors (Lipinski definition) is 1. The Hall–Kier alpha value is -3.02. The molecule has 0 radical (unpaired) electrons. The fourth-order valence-corrected chi connectivity index (χ4v) is 3.61. The predicted octanol–water partition coefficient (Wildman–Crippen LogP) is 3.63. The summed E-state index contributed by atoms with van der Waals surface area (Å²) in [4.78, 5) is 28.5. The smallest absolute Gasteiger partial charge is 0.262 e. The number of hydrogen-bond acceptors (Lipinski definition) is 4. The molecule has 160 valence electrons. The highest BCUT2D eigenvalue weighted by molar-refractivity contribution is 5.92. The third-order valence-electron chi connectivity index (χ3n) is 5.29.